The molecule has 2 aromatic carbocycles. The average molecular weight is 439 g/mol. The quantitative estimate of drug-likeness (QED) is 0.568. The second kappa shape index (κ2) is 11.0. The molecule has 1 unspecified atom stereocenters. The van der Waals surface area contributed by atoms with E-state index in [1.165, 1.54) is 46.6 Å². The van der Waals surface area contributed by atoms with Crippen molar-refractivity contribution in [1.82, 2.24) is 5.32 Å². The summed E-state index contributed by atoms with van der Waals surface area (Å²) in [5, 5.41) is 2.73. The SMILES string of the molecule is COC(=O)CC(NC(=O)c1ccc(OC(F)F)c(OC)c1)c1ccc(OC)c(OC)c1. The molecule has 2 rings (SSSR count). The number of methoxy groups -OCH3 is 4. The van der Waals surface area contributed by atoms with Crippen molar-refractivity contribution >= 4 is 11.9 Å². The maximum Gasteiger partial charge on any atom is 0.387 e. The predicted molar refractivity (Wildman–Crippen MR) is 106 cm³/mol. The molecule has 0 aliphatic heterocycles. The molecule has 8 nitrogen and oxygen atoms in total. The van der Waals surface area contributed by atoms with E-state index in [1.54, 1.807) is 18.2 Å². The summed E-state index contributed by atoms with van der Waals surface area (Å²) in [6, 6.07) is 7.96. The number of carbonyl (C=O) groups excluding carboxylic acids is 2. The first-order valence-electron chi connectivity index (χ1n) is 9.05. The van der Waals surface area contributed by atoms with Gasteiger partial charge < -0.3 is 29.0 Å². The van der Waals surface area contributed by atoms with Gasteiger partial charge in [0.1, 0.15) is 0 Å². The molecule has 10 heteroatoms. The zero-order chi connectivity index (χ0) is 23.0. The summed E-state index contributed by atoms with van der Waals surface area (Å²) >= 11 is 0. The Labute approximate surface area is 178 Å². The average Bonchev–Trinajstić information content (AvgIpc) is 2.77. The van der Waals surface area contributed by atoms with Gasteiger partial charge in [0.05, 0.1) is 40.9 Å². The van der Waals surface area contributed by atoms with Crippen LogP contribution in [0.25, 0.3) is 0 Å². The zero-order valence-electron chi connectivity index (χ0n) is 17.4. The number of hydrogen-bond acceptors (Lipinski definition) is 7. The Morgan fingerprint density at radius 2 is 1.48 bits per heavy atom. The Morgan fingerprint density at radius 3 is 2.06 bits per heavy atom. The summed E-state index contributed by atoms with van der Waals surface area (Å²) in [4.78, 5) is 24.7. The molecule has 0 saturated heterocycles. The van der Waals surface area contributed by atoms with Gasteiger partial charge in [0.25, 0.3) is 5.91 Å². The van der Waals surface area contributed by atoms with Crippen LogP contribution in [0.2, 0.25) is 0 Å². The van der Waals surface area contributed by atoms with Crippen molar-refractivity contribution in [2.75, 3.05) is 28.4 Å². The predicted octanol–water partition coefficient (Wildman–Crippen LogP) is 3.35. The lowest BCUT2D eigenvalue weighted by Gasteiger charge is -2.20. The Kier molecular flexibility index (Phi) is 8.42. The number of benzene rings is 2. The number of carbonyl (C=O) groups is 2. The van der Waals surface area contributed by atoms with Crippen molar-refractivity contribution in [3.05, 3.63) is 47.5 Å². The van der Waals surface area contributed by atoms with Gasteiger partial charge >= 0.3 is 12.6 Å². The molecule has 2 aromatic rings. The van der Waals surface area contributed by atoms with Crippen LogP contribution >= 0.6 is 0 Å². The molecule has 1 N–H and O–H groups in total. The Morgan fingerprint density at radius 1 is 0.871 bits per heavy atom. The molecule has 0 aliphatic rings. The first kappa shape index (κ1) is 23.7. The summed E-state index contributed by atoms with van der Waals surface area (Å²) in [5.41, 5.74) is 0.690. The zero-order valence-corrected chi connectivity index (χ0v) is 17.4. The Bertz CT molecular complexity index is 921. The number of nitrogens with one attached hydrogen (secondary N) is 1. The number of hydrogen-bond donors (Lipinski definition) is 1. The number of amides is 1. The standard InChI is InChI=1S/C21H23F2NO7/c1-27-15-7-5-12(9-17(15)28-2)14(11-19(25)30-4)24-20(26)13-6-8-16(31-21(22)23)18(10-13)29-3/h5-10,14,21H,11H2,1-4H3,(H,24,26). The fourth-order valence-corrected chi connectivity index (χ4v) is 2.82. The molecule has 1 atom stereocenters. The maximum absolute atomic E-state index is 12.8. The van der Waals surface area contributed by atoms with Crippen molar-refractivity contribution in [2.24, 2.45) is 0 Å². The summed E-state index contributed by atoms with van der Waals surface area (Å²) in [5.74, 6) is -0.458. The number of alkyl halides is 2. The van der Waals surface area contributed by atoms with Crippen LogP contribution in [0.5, 0.6) is 23.0 Å². The minimum Gasteiger partial charge on any atom is -0.493 e. The van der Waals surface area contributed by atoms with Gasteiger partial charge in [-0.2, -0.15) is 8.78 Å². The summed E-state index contributed by atoms with van der Waals surface area (Å²) in [7, 11) is 5.45. The maximum atomic E-state index is 12.8. The fraction of sp³-hybridized carbons (Fsp3) is 0.333. The van der Waals surface area contributed by atoms with Gasteiger partial charge in [-0.25, -0.2) is 0 Å². The topological polar surface area (TPSA) is 92.3 Å². The summed E-state index contributed by atoms with van der Waals surface area (Å²) < 4.78 is 49.6. The summed E-state index contributed by atoms with van der Waals surface area (Å²) in [6.45, 7) is -3.04. The van der Waals surface area contributed by atoms with Crippen molar-refractivity contribution < 1.29 is 42.1 Å². The second-order valence-corrected chi connectivity index (χ2v) is 6.16. The van der Waals surface area contributed by atoms with Crippen molar-refractivity contribution in [1.29, 1.82) is 0 Å². The Hall–Kier alpha value is -3.56. The van der Waals surface area contributed by atoms with Crippen molar-refractivity contribution in [2.45, 2.75) is 19.1 Å². The molecular weight excluding hydrogens is 416 g/mol. The minimum atomic E-state index is -3.04. The van der Waals surface area contributed by atoms with E-state index in [2.05, 4.69) is 10.1 Å². The molecule has 0 heterocycles. The lowest BCUT2D eigenvalue weighted by Crippen LogP contribution is -2.30. The molecule has 168 valence electrons. The highest BCUT2D eigenvalue weighted by atomic mass is 19.3. The summed E-state index contributed by atoms with van der Waals surface area (Å²) in [6.07, 6.45) is -0.151. The third kappa shape index (κ3) is 6.21. The third-order valence-corrected chi connectivity index (χ3v) is 4.36. The largest absolute Gasteiger partial charge is 0.493 e. The number of ether oxygens (including phenoxy) is 5. The van der Waals surface area contributed by atoms with Gasteiger partial charge in [0, 0.05) is 5.56 Å². The fourth-order valence-electron chi connectivity index (χ4n) is 2.82. The smallest absolute Gasteiger partial charge is 0.387 e. The van der Waals surface area contributed by atoms with Gasteiger partial charge in [-0.15, -0.1) is 0 Å². The molecule has 0 spiro atoms. The van der Waals surface area contributed by atoms with Crippen LogP contribution < -0.4 is 24.3 Å². The molecule has 0 radical (unpaired) electrons. The van der Waals surface area contributed by atoms with Crippen LogP contribution in [0.1, 0.15) is 28.4 Å². The van der Waals surface area contributed by atoms with Gasteiger partial charge in [-0.1, -0.05) is 6.07 Å². The van der Waals surface area contributed by atoms with E-state index in [-0.39, 0.29) is 23.5 Å². The third-order valence-electron chi connectivity index (χ3n) is 4.36. The van der Waals surface area contributed by atoms with E-state index in [0.29, 0.717) is 17.1 Å². The lowest BCUT2D eigenvalue weighted by atomic mass is 10.0. The first-order valence-corrected chi connectivity index (χ1v) is 9.05. The van der Waals surface area contributed by atoms with Gasteiger partial charge in [0.15, 0.2) is 23.0 Å². The van der Waals surface area contributed by atoms with Gasteiger partial charge in [0.2, 0.25) is 0 Å². The first-order chi connectivity index (χ1) is 14.8. The highest BCUT2D eigenvalue weighted by Gasteiger charge is 2.22. The van der Waals surface area contributed by atoms with E-state index in [1.807, 2.05) is 0 Å². The van der Waals surface area contributed by atoms with E-state index >= 15 is 0 Å². The van der Waals surface area contributed by atoms with Crippen LogP contribution in [0, 0.1) is 0 Å². The van der Waals surface area contributed by atoms with Crippen LogP contribution in [0.4, 0.5) is 8.78 Å². The van der Waals surface area contributed by atoms with E-state index < -0.39 is 24.5 Å². The van der Waals surface area contributed by atoms with E-state index in [9.17, 15) is 18.4 Å². The normalized spacial score (nSPS) is 11.5. The molecule has 31 heavy (non-hydrogen) atoms. The minimum absolute atomic E-state index is 0.0383. The number of esters is 1. The molecular formula is C21H23F2NO7. The molecule has 0 saturated carbocycles. The van der Waals surface area contributed by atoms with Crippen LogP contribution in [0.3, 0.4) is 0 Å². The van der Waals surface area contributed by atoms with Gasteiger partial charge in [-0.05, 0) is 35.9 Å². The number of halogens is 2. The second-order valence-electron chi connectivity index (χ2n) is 6.16. The van der Waals surface area contributed by atoms with Crippen molar-refractivity contribution in [3.63, 3.8) is 0 Å². The van der Waals surface area contributed by atoms with Crippen LogP contribution in [-0.2, 0) is 9.53 Å². The lowest BCUT2D eigenvalue weighted by molar-refractivity contribution is -0.141. The highest BCUT2D eigenvalue weighted by molar-refractivity contribution is 5.95. The van der Waals surface area contributed by atoms with Gasteiger partial charge in [-0.3, -0.25) is 9.59 Å². The van der Waals surface area contributed by atoms with Crippen LogP contribution in [0.15, 0.2) is 36.4 Å². The Balaban J connectivity index is 2.32. The molecule has 0 aliphatic carbocycles. The van der Waals surface area contributed by atoms with Crippen molar-refractivity contribution in [3.8, 4) is 23.0 Å². The molecule has 0 fully saturated rings. The molecule has 1 amide bonds. The highest BCUT2D eigenvalue weighted by Crippen LogP contribution is 2.32. The molecule has 0 bridgehead atoms. The van der Waals surface area contributed by atoms with E-state index in [4.69, 9.17) is 18.9 Å². The molecule has 0 aromatic heterocycles. The van der Waals surface area contributed by atoms with Crippen LogP contribution in [-0.4, -0.2) is 46.9 Å². The monoisotopic (exact) mass is 439 g/mol. The van der Waals surface area contributed by atoms with E-state index in [0.717, 1.165) is 0 Å². The number of rotatable bonds is 10.